The zero-order valence-electron chi connectivity index (χ0n) is 18.6. The van der Waals surface area contributed by atoms with E-state index in [-0.39, 0.29) is 17.0 Å². The van der Waals surface area contributed by atoms with Crippen molar-refractivity contribution in [2.75, 3.05) is 26.3 Å². The van der Waals surface area contributed by atoms with Crippen LogP contribution in [0, 0.1) is 18.3 Å². The Labute approximate surface area is 191 Å². The van der Waals surface area contributed by atoms with Crippen LogP contribution in [0.4, 0.5) is 0 Å². The first-order valence-corrected chi connectivity index (χ1v) is 10.8. The number of aromatic nitrogens is 2. The zero-order valence-corrected chi connectivity index (χ0v) is 18.6. The van der Waals surface area contributed by atoms with Crippen LogP contribution in [0.2, 0.25) is 0 Å². The number of carbonyl (C=O) groups excluding carboxylic acids is 1. The highest BCUT2D eigenvalue weighted by Gasteiger charge is 2.23. The average Bonchev–Trinajstić information content (AvgIpc) is 2.85. The number of fused-ring (bicyclic) bond motifs is 1. The van der Waals surface area contributed by atoms with Crippen LogP contribution in [0.15, 0.2) is 53.0 Å². The predicted molar refractivity (Wildman–Crippen MR) is 123 cm³/mol. The molecule has 0 radical (unpaired) electrons. The fourth-order valence-electron chi connectivity index (χ4n) is 3.62. The van der Waals surface area contributed by atoms with Gasteiger partial charge in [0.15, 0.2) is 0 Å². The Morgan fingerprint density at radius 3 is 2.64 bits per heavy atom. The molecule has 3 heterocycles. The third-order valence-corrected chi connectivity index (χ3v) is 5.53. The normalized spacial score (nSPS) is 14.2. The van der Waals surface area contributed by atoms with Gasteiger partial charge < -0.3 is 14.4 Å². The van der Waals surface area contributed by atoms with Crippen LogP contribution in [0.1, 0.15) is 23.6 Å². The molecule has 33 heavy (non-hydrogen) atoms. The third-order valence-electron chi connectivity index (χ3n) is 5.53. The number of amides is 1. The topological polar surface area (TPSA) is 96.9 Å². The minimum Gasteiger partial charge on any atom is -0.438 e. The van der Waals surface area contributed by atoms with E-state index in [0.717, 1.165) is 17.5 Å². The van der Waals surface area contributed by atoms with E-state index in [0.29, 0.717) is 37.7 Å². The van der Waals surface area contributed by atoms with Crippen molar-refractivity contribution in [3.8, 4) is 17.7 Å². The van der Waals surface area contributed by atoms with Crippen molar-refractivity contribution < 1.29 is 14.3 Å². The van der Waals surface area contributed by atoms with Gasteiger partial charge in [-0.3, -0.25) is 14.0 Å². The van der Waals surface area contributed by atoms with Crippen LogP contribution in [-0.4, -0.2) is 46.5 Å². The van der Waals surface area contributed by atoms with Crippen LogP contribution in [-0.2, 0) is 16.0 Å². The number of nitrogens with zero attached hydrogens (tertiary/aromatic N) is 4. The Bertz CT molecular complexity index is 1310. The monoisotopic (exact) mass is 444 g/mol. The molecule has 1 aliphatic heterocycles. The maximum Gasteiger partial charge on any atom is 0.269 e. The van der Waals surface area contributed by atoms with Crippen molar-refractivity contribution in [2.45, 2.75) is 20.3 Å². The molecule has 0 N–H and O–H groups in total. The van der Waals surface area contributed by atoms with Crippen LogP contribution < -0.4 is 10.3 Å². The van der Waals surface area contributed by atoms with Gasteiger partial charge in [0.05, 0.1) is 13.2 Å². The molecule has 8 heteroatoms. The van der Waals surface area contributed by atoms with Crippen LogP contribution >= 0.6 is 0 Å². The average molecular weight is 444 g/mol. The standard InChI is InChI=1S/C25H24N4O4/c1-3-18-6-8-20(9-7-18)33-23-21(25(31)29-10-4-5-17(2)22(29)27-23)15-19(16-26)24(30)28-11-13-32-14-12-28/h4-10,15H,3,11-14H2,1-2H3. The summed E-state index contributed by atoms with van der Waals surface area (Å²) in [6.45, 7) is 5.50. The molecule has 0 unspecified atom stereocenters. The summed E-state index contributed by atoms with van der Waals surface area (Å²) in [6, 6.07) is 13.0. The van der Waals surface area contributed by atoms with E-state index in [1.54, 1.807) is 29.3 Å². The van der Waals surface area contributed by atoms with E-state index < -0.39 is 11.5 Å². The number of hydrogen-bond acceptors (Lipinski definition) is 6. The summed E-state index contributed by atoms with van der Waals surface area (Å²) in [5.74, 6) is 0.0959. The lowest BCUT2D eigenvalue weighted by Crippen LogP contribution is -2.41. The summed E-state index contributed by atoms with van der Waals surface area (Å²) in [6.07, 6.45) is 3.76. The van der Waals surface area contributed by atoms with Gasteiger partial charge in [0.2, 0.25) is 5.88 Å². The number of pyridine rings is 1. The van der Waals surface area contributed by atoms with Gasteiger partial charge >= 0.3 is 0 Å². The zero-order chi connectivity index (χ0) is 23.4. The van der Waals surface area contributed by atoms with Gasteiger partial charge in [0, 0.05) is 19.3 Å². The van der Waals surface area contributed by atoms with Gasteiger partial charge in [-0.1, -0.05) is 25.1 Å². The molecule has 0 atom stereocenters. The molecule has 3 aromatic rings. The second-order valence-electron chi connectivity index (χ2n) is 7.69. The molecule has 8 nitrogen and oxygen atoms in total. The third kappa shape index (κ3) is 4.64. The molecule has 1 saturated heterocycles. The van der Waals surface area contributed by atoms with Gasteiger partial charge in [-0.2, -0.15) is 10.2 Å². The molecule has 0 spiro atoms. The first-order chi connectivity index (χ1) is 16.0. The summed E-state index contributed by atoms with van der Waals surface area (Å²) < 4.78 is 12.7. The number of rotatable bonds is 5. The first-order valence-electron chi connectivity index (χ1n) is 10.8. The highest BCUT2D eigenvalue weighted by molar-refractivity contribution is 6.02. The smallest absolute Gasteiger partial charge is 0.269 e. The van der Waals surface area contributed by atoms with Gasteiger partial charge in [0.1, 0.15) is 28.6 Å². The fraction of sp³-hybridized carbons (Fsp3) is 0.280. The summed E-state index contributed by atoms with van der Waals surface area (Å²) in [5, 5.41) is 9.71. The number of benzene rings is 1. The minimum atomic E-state index is -0.451. The molecule has 0 saturated carbocycles. The number of ether oxygens (including phenoxy) is 2. The quantitative estimate of drug-likeness (QED) is 0.443. The van der Waals surface area contributed by atoms with Crippen LogP contribution in [0.3, 0.4) is 0 Å². The number of nitriles is 1. The van der Waals surface area contributed by atoms with E-state index >= 15 is 0 Å². The maximum atomic E-state index is 13.4. The van der Waals surface area contributed by atoms with Crippen molar-refractivity contribution in [1.29, 1.82) is 5.26 Å². The number of hydrogen-bond donors (Lipinski definition) is 0. The summed E-state index contributed by atoms with van der Waals surface area (Å²) >= 11 is 0. The predicted octanol–water partition coefficient (Wildman–Crippen LogP) is 3.12. The number of carbonyl (C=O) groups is 1. The molecule has 0 bridgehead atoms. The van der Waals surface area contributed by atoms with Gasteiger partial charge in [-0.15, -0.1) is 0 Å². The fourth-order valence-corrected chi connectivity index (χ4v) is 3.62. The Morgan fingerprint density at radius 1 is 1.24 bits per heavy atom. The largest absolute Gasteiger partial charge is 0.438 e. The van der Waals surface area contributed by atoms with Gasteiger partial charge in [-0.25, -0.2) is 0 Å². The van der Waals surface area contributed by atoms with Crippen LogP contribution in [0.5, 0.6) is 11.6 Å². The summed E-state index contributed by atoms with van der Waals surface area (Å²) in [4.78, 5) is 32.4. The molecule has 1 aromatic carbocycles. The Morgan fingerprint density at radius 2 is 1.97 bits per heavy atom. The molecule has 2 aromatic heterocycles. The molecular weight excluding hydrogens is 420 g/mol. The Kier molecular flexibility index (Phi) is 6.52. The highest BCUT2D eigenvalue weighted by atomic mass is 16.5. The minimum absolute atomic E-state index is 0.0378. The van der Waals surface area contributed by atoms with Crippen molar-refractivity contribution in [1.82, 2.24) is 14.3 Å². The SMILES string of the molecule is CCc1ccc(Oc2nc3c(C)cccn3c(=O)c2C=C(C#N)C(=O)N2CCOCC2)cc1. The lowest BCUT2D eigenvalue weighted by molar-refractivity contribution is -0.130. The van der Waals surface area contributed by atoms with E-state index in [4.69, 9.17) is 9.47 Å². The molecule has 1 fully saturated rings. The maximum absolute atomic E-state index is 13.4. The highest BCUT2D eigenvalue weighted by Crippen LogP contribution is 2.25. The van der Waals surface area contributed by atoms with Crippen molar-refractivity contribution >= 4 is 17.6 Å². The first kappa shape index (κ1) is 22.2. The van der Waals surface area contributed by atoms with E-state index in [1.807, 2.05) is 31.2 Å². The summed E-state index contributed by atoms with van der Waals surface area (Å²) in [5.41, 5.74) is 1.84. The second kappa shape index (κ2) is 9.67. The molecule has 1 amide bonds. The molecule has 4 rings (SSSR count). The van der Waals surface area contributed by atoms with Crippen LogP contribution in [0.25, 0.3) is 11.7 Å². The van der Waals surface area contributed by atoms with Crippen molar-refractivity contribution in [3.63, 3.8) is 0 Å². The van der Waals surface area contributed by atoms with Gasteiger partial charge in [0.25, 0.3) is 11.5 Å². The van der Waals surface area contributed by atoms with Crippen molar-refractivity contribution in [3.05, 3.63) is 75.2 Å². The van der Waals surface area contributed by atoms with Crippen molar-refractivity contribution in [2.24, 2.45) is 0 Å². The number of morpholine rings is 1. The Balaban J connectivity index is 1.84. The number of aryl methyl sites for hydroxylation is 2. The molecule has 168 valence electrons. The lowest BCUT2D eigenvalue weighted by Gasteiger charge is -2.26. The Hall–Kier alpha value is -3.96. The van der Waals surface area contributed by atoms with E-state index in [2.05, 4.69) is 11.9 Å². The molecule has 0 aliphatic carbocycles. The molecular formula is C25H24N4O4. The van der Waals surface area contributed by atoms with Gasteiger partial charge in [-0.05, 0) is 48.7 Å². The van der Waals surface area contributed by atoms with E-state index in [9.17, 15) is 14.9 Å². The van der Waals surface area contributed by atoms with E-state index in [1.165, 1.54) is 10.5 Å². The summed E-state index contributed by atoms with van der Waals surface area (Å²) in [7, 11) is 0. The lowest BCUT2D eigenvalue weighted by atomic mass is 10.1. The second-order valence-corrected chi connectivity index (χ2v) is 7.69. The molecule has 1 aliphatic rings.